The van der Waals surface area contributed by atoms with Crippen LogP contribution in [0.1, 0.15) is 66.2 Å². The van der Waals surface area contributed by atoms with E-state index < -0.39 is 0 Å². The average Bonchev–Trinajstić information content (AvgIpc) is 2.27. The Labute approximate surface area is 106 Å². The van der Waals surface area contributed by atoms with Gasteiger partial charge in [0.05, 0.1) is 0 Å². The fourth-order valence-electron chi connectivity index (χ4n) is 3.82. The Bertz CT molecular complexity index is 349. The molecule has 0 aromatic rings. The molecule has 0 aromatic carbocycles. The van der Waals surface area contributed by atoms with Gasteiger partial charge < -0.3 is 0 Å². The molecular formula is C16H26O. The Balaban J connectivity index is 2.27. The van der Waals surface area contributed by atoms with E-state index in [0.717, 1.165) is 6.42 Å². The normalized spacial score (nSPS) is 32.2. The number of allylic oxidation sites excluding steroid dienone is 2. The number of hydrogen-bond acceptors (Lipinski definition) is 1. The summed E-state index contributed by atoms with van der Waals surface area (Å²) in [5.41, 5.74) is 3.67. The zero-order valence-corrected chi connectivity index (χ0v) is 11.8. The van der Waals surface area contributed by atoms with Crippen molar-refractivity contribution < 1.29 is 4.79 Å². The van der Waals surface area contributed by atoms with E-state index in [1.165, 1.54) is 25.7 Å². The Hall–Kier alpha value is -0.590. The van der Waals surface area contributed by atoms with E-state index in [4.69, 9.17) is 0 Å². The van der Waals surface area contributed by atoms with Crippen molar-refractivity contribution in [1.29, 1.82) is 0 Å². The lowest BCUT2D eigenvalue weighted by Gasteiger charge is -2.42. The summed E-state index contributed by atoms with van der Waals surface area (Å²) < 4.78 is 0. The van der Waals surface area contributed by atoms with E-state index >= 15 is 0 Å². The van der Waals surface area contributed by atoms with Crippen molar-refractivity contribution in [3.63, 3.8) is 0 Å². The monoisotopic (exact) mass is 234 g/mol. The molecule has 17 heavy (non-hydrogen) atoms. The van der Waals surface area contributed by atoms with Crippen molar-refractivity contribution in [2.75, 3.05) is 0 Å². The van der Waals surface area contributed by atoms with Crippen molar-refractivity contribution >= 4 is 5.78 Å². The molecule has 1 nitrogen and oxygen atoms in total. The average molecular weight is 234 g/mol. The molecule has 96 valence electrons. The second-order valence-corrected chi connectivity index (χ2v) is 6.63. The van der Waals surface area contributed by atoms with Crippen LogP contribution in [0.25, 0.3) is 0 Å². The molecule has 2 unspecified atom stereocenters. The zero-order chi connectivity index (χ0) is 12.6. The van der Waals surface area contributed by atoms with Gasteiger partial charge in [0.15, 0.2) is 0 Å². The highest BCUT2D eigenvalue weighted by atomic mass is 16.1. The van der Waals surface area contributed by atoms with E-state index in [0.29, 0.717) is 29.5 Å². The predicted molar refractivity (Wildman–Crippen MR) is 71.8 cm³/mol. The number of carbonyl (C=O) groups excluding carboxylic acids is 1. The van der Waals surface area contributed by atoms with Crippen molar-refractivity contribution in [2.24, 2.45) is 17.3 Å². The summed E-state index contributed by atoms with van der Waals surface area (Å²) in [7, 11) is 0. The first-order valence-corrected chi connectivity index (χ1v) is 7.19. The van der Waals surface area contributed by atoms with Gasteiger partial charge in [0, 0.05) is 12.3 Å². The maximum atomic E-state index is 12.0. The van der Waals surface area contributed by atoms with Crippen LogP contribution in [0.3, 0.4) is 0 Å². The van der Waals surface area contributed by atoms with Crippen molar-refractivity contribution in [3.8, 4) is 0 Å². The molecule has 2 rings (SSSR count). The van der Waals surface area contributed by atoms with Gasteiger partial charge in [-0.1, -0.05) is 38.8 Å². The first kappa shape index (κ1) is 12.9. The second-order valence-electron chi connectivity index (χ2n) is 6.63. The van der Waals surface area contributed by atoms with Crippen LogP contribution in [0.15, 0.2) is 11.1 Å². The maximum absolute atomic E-state index is 12.0. The third-order valence-corrected chi connectivity index (χ3v) is 4.97. The minimum Gasteiger partial charge on any atom is -0.299 e. The fraction of sp³-hybridized carbons (Fsp3) is 0.812. The van der Waals surface area contributed by atoms with Gasteiger partial charge in [-0.15, -0.1) is 0 Å². The Morgan fingerprint density at radius 2 is 2.06 bits per heavy atom. The minimum absolute atomic E-state index is 0.302. The van der Waals surface area contributed by atoms with E-state index in [1.807, 2.05) is 6.92 Å². The smallest absolute Gasteiger partial charge is 0.136 e. The lowest BCUT2D eigenvalue weighted by atomic mass is 9.62. The largest absolute Gasteiger partial charge is 0.299 e. The van der Waals surface area contributed by atoms with Crippen molar-refractivity contribution in [1.82, 2.24) is 0 Å². The molecular weight excluding hydrogens is 208 g/mol. The summed E-state index contributed by atoms with van der Waals surface area (Å²) in [5.74, 6) is 1.34. The molecule has 0 N–H and O–H groups in total. The van der Waals surface area contributed by atoms with Crippen LogP contribution in [0.2, 0.25) is 0 Å². The molecule has 0 aliphatic heterocycles. The van der Waals surface area contributed by atoms with Crippen LogP contribution >= 0.6 is 0 Å². The van der Waals surface area contributed by atoms with E-state index in [2.05, 4.69) is 20.8 Å². The molecule has 2 aliphatic rings. The summed E-state index contributed by atoms with van der Waals surface area (Å²) in [4.78, 5) is 12.0. The molecule has 0 spiro atoms. The molecule has 0 aromatic heterocycles. The highest BCUT2D eigenvalue weighted by Gasteiger charge is 2.38. The molecule has 2 atom stereocenters. The Morgan fingerprint density at radius 1 is 1.35 bits per heavy atom. The first-order chi connectivity index (χ1) is 7.95. The number of hydrogen-bond donors (Lipinski definition) is 0. The highest BCUT2D eigenvalue weighted by Crippen LogP contribution is 2.49. The summed E-state index contributed by atoms with van der Waals surface area (Å²) >= 11 is 0. The minimum atomic E-state index is 0.302. The Kier molecular flexibility index (Phi) is 3.47. The van der Waals surface area contributed by atoms with E-state index in [1.54, 1.807) is 11.1 Å². The number of carbonyl (C=O) groups is 1. The zero-order valence-electron chi connectivity index (χ0n) is 11.8. The van der Waals surface area contributed by atoms with Gasteiger partial charge in [-0.2, -0.15) is 0 Å². The topological polar surface area (TPSA) is 17.1 Å². The third kappa shape index (κ3) is 2.34. The number of ketones is 1. The lowest BCUT2D eigenvalue weighted by molar-refractivity contribution is -0.124. The summed E-state index contributed by atoms with van der Waals surface area (Å²) in [6, 6.07) is 0. The lowest BCUT2D eigenvalue weighted by Crippen LogP contribution is -2.33. The molecule has 0 amide bonds. The third-order valence-electron chi connectivity index (χ3n) is 4.97. The van der Waals surface area contributed by atoms with Crippen LogP contribution in [0.5, 0.6) is 0 Å². The van der Waals surface area contributed by atoms with Gasteiger partial charge in [0.25, 0.3) is 0 Å². The van der Waals surface area contributed by atoms with Crippen LogP contribution in [-0.4, -0.2) is 5.78 Å². The van der Waals surface area contributed by atoms with Gasteiger partial charge in [-0.3, -0.25) is 4.79 Å². The van der Waals surface area contributed by atoms with E-state index in [-0.39, 0.29) is 0 Å². The van der Waals surface area contributed by atoms with Gasteiger partial charge in [-0.05, 0) is 43.4 Å². The van der Waals surface area contributed by atoms with Gasteiger partial charge in [0.1, 0.15) is 5.78 Å². The van der Waals surface area contributed by atoms with Gasteiger partial charge in [0.2, 0.25) is 0 Å². The summed E-state index contributed by atoms with van der Waals surface area (Å²) in [5, 5.41) is 0. The quantitative estimate of drug-likeness (QED) is 0.642. The molecule has 1 heteroatoms. The first-order valence-electron chi connectivity index (χ1n) is 7.19. The van der Waals surface area contributed by atoms with Crippen LogP contribution in [0.4, 0.5) is 0 Å². The second kappa shape index (κ2) is 4.59. The van der Waals surface area contributed by atoms with Gasteiger partial charge in [-0.25, -0.2) is 0 Å². The summed E-state index contributed by atoms with van der Waals surface area (Å²) in [6.45, 7) is 9.00. The standard InChI is InChI=1S/C16H26O/c1-5-15(17)13-10-14-12(9-11(13)2)7-6-8-16(14,3)4/h11,13H,5-10H2,1-4H3. The summed E-state index contributed by atoms with van der Waals surface area (Å²) in [6.07, 6.45) is 6.86. The predicted octanol–water partition coefficient (Wildman–Crippen LogP) is 4.52. The Morgan fingerprint density at radius 3 is 2.71 bits per heavy atom. The molecule has 0 saturated carbocycles. The van der Waals surface area contributed by atoms with Crippen LogP contribution < -0.4 is 0 Å². The van der Waals surface area contributed by atoms with E-state index in [9.17, 15) is 4.79 Å². The SMILES string of the molecule is CCC(=O)C1CC2=C(CCCC2(C)C)CC1C. The van der Waals surface area contributed by atoms with Gasteiger partial charge >= 0.3 is 0 Å². The number of rotatable bonds is 2. The van der Waals surface area contributed by atoms with Crippen molar-refractivity contribution in [3.05, 3.63) is 11.1 Å². The molecule has 0 bridgehead atoms. The maximum Gasteiger partial charge on any atom is 0.136 e. The van der Waals surface area contributed by atoms with Crippen LogP contribution in [0, 0.1) is 17.3 Å². The number of Topliss-reactive ketones (excluding diaryl/α,β-unsaturated/α-hetero) is 1. The molecule has 0 heterocycles. The molecule has 0 saturated heterocycles. The van der Waals surface area contributed by atoms with Crippen molar-refractivity contribution in [2.45, 2.75) is 66.2 Å². The van der Waals surface area contributed by atoms with Crippen LogP contribution in [-0.2, 0) is 4.79 Å². The molecule has 0 radical (unpaired) electrons. The fourth-order valence-corrected chi connectivity index (χ4v) is 3.82. The highest BCUT2D eigenvalue weighted by molar-refractivity contribution is 5.81. The molecule has 2 aliphatic carbocycles. The molecule has 0 fully saturated rings.